The average Bonchev–Trinajstić information content (AvgIpc) is 2.46. The Hall–Kier alpha value is -0.720. The molecule has 0 aromatic heterocycles. The van der Waals surface area contributed by atoms with E-state index in [2.05, 4.69) is 5.32 Å². The number of nitrogens with two attached hydrogens (primary N) is 1. The van der Waals surface area contributed by atoms with Crippen molar-refractivity contribution in [3.05, 3.63) is 26.2 Å². The molecule has 0 aliphatic rings. The maximum absolute atomic E-state index is 12.2. The number of nitrogens with zero attached hydrogens (tertiary/aromatic N) is 1. The van der Waals surface area contributed by atoms with E-state index in [1.807, 2.05) is 6.92 Å². The van der Waals surface area contributed by atoms with E-state index in [1.54, 1.807) is 4.90 Å². The predicted molar refractivity (Wildman–Crippen MR) is 95.7 cm³/mol. The van der Waals surface area contributed by atoms with Crippen molar-refractivity contribution in [3.8, 4) is 0 Å². The summed E-state index contributed by atoms with van der Waals surface area (Å²) in [5.74, 6) is -0.903. The molecule has 0 unspecified atom stereocenters. The number of carbonyl (C=O) groups is 2. The lowest BCUT2D eigenvalue weighted by Gasteiger charge is -2.20. The van der Waals surface area contributed by atoms with Gasteiger partial charge in [0.1, 0.15) is 0 Å². The van der Waals surface area contributed by atoms with Crippen molar-refractivity contribution < 1.29 is 9.59 Å². The molecule has 0 aliphatic carbocycles. The van der Waals surface area contributed by atoms with Gasteiger partial charge in [0.15, 0.2) is 0 Å². The number of amides is 2. The van der Waals surface area contributed by atoms with Gasteiger partial charge < -0.3 is 11.1 Å². The molecule has 0 saturated heterocycles. The lowest BCUT2D eigenvalue weighted by Crippen LogP contribution is -2.39. The molecule has 0 atom stereocenters. The van der Waals surface area contributed by atoms with Crippen molar-refractivity contribution >= 4 is 63.9 Å². The lowest BCUT2D eigenvalue weighted by molar-refractivity contribution is -0.121. The Balaban J connectivity index is 2.84. The van der Waals surface area contributed by atoms with Crippen molar-refractivity contribution in [2.75, 3.05) is 25.0 Å². The van der Waals surface area contributed by atoms with Gasteiger partial charge in [0.25, 0.3) is 0 Å². The molecule has 0 bridgehead atoms. The van der Waals surface area contributed by atoms with E-state index in [0.29, 0.717) is 6.54 Å². The summed E-state index contributed by atoms with van der Waals surface area (Å²) >= 11 is 23.9. The summed E-state index contributed by atoms with van der Waals surface area (Å²) in [5, 5.41) is 3.13. The van der Waals surface area contributed by atoms with Crippen LogP contribution in [0.5, 0.6) is 0 Å². The number of hydrogen-bond acceptors (Lipinski definition) is 3. The number of halogens is 4. The highest BCUT2D eigenvalue weighted by atomic mass is 35.5. The highest BCUT2D eigenvalue weighted by Gasteiger charge is 2.18. The highest BCUT2D eigenvalue weighted by Crippen LogP contribution is 2.40. The molecule has 1 aromatic carbocycles. The highest BCUT2D eigenvalue weighted by molar-refractivity contribution is 6.50. The Morgan fingerprint density at radius 3 is 2.17 bits per heavy atom. The third kappa shape index (κ3) is 6.36. The Kier molecular flexibility index (Phi) is 8.44. The second kappa shape index (κ2) is 9.55. The molecular formula is C14H17Cl4N3O2. The van der Waals surface area contributed by atoms with Crippen LogP contribution in [0, 0.1) is 0 Å². The van der Waals surface area contributed by atoms with Crippen LogP contribution in [0.25, 0.3) is 0 Å². The van der Waals surface area contributed by atoms with E-state index >= 15 is 0 Å². The number of benzene rings is 1. The number of carbonyl (C=O) groups excluding carboxylic acids is 2. The monoisotopic (exact) mass is 399 g/mol. The lowest BCUT2D eigenvalue weighted by atomic mass is 10.3. The number of unbranched alkanes of at least 4 members (excludes halogenated alkanes) is 1. The summed E-state index contributed by atoms with van der Waals surface area (Å²) < 4.78 is 0. The number of anilines is 1. The fourth-order valence-electron chi connectivity index (χ4n) is 1.88. The molecule has 0 radical (unpaired) electrons. The van der Waals surface area contributed by atoms with Gasteiger partial charge in [0.2, 0.25) is 11.8 Å². The van der Waals surface area contributed by atoms with Gasteiger partial charge in [-0.25, -0.2) is 0 Å². The zero-order chi connectivity index (χ0) is 17.6. The molecule has 128 valence electrons. The first kappa shape index (κ1) is 20.3. The quantitative estimate of drug-likeness (QED) is 0.651. The Morgan fingerprint density at radius 2 is 1.70 bits per heavy atom. The average molecular weight is 401 g/mol. The van der Waals surface area contributed by atoms with Gasteiger partial charge in [0, 0.05) is 0 Å². The summed E-state index contributed by atoms with van der Waals surface area (Å²) in [6.07, 6.45) is 1.77. The molecular weight excluding hydrogens is 384 g/mol. The summed E-state index contributed by atoms with van der Waals surface area (Å²) in [6, 6.07) is 1.39. The molecule has 5 nitrogen and oxygen atoms in total. The van der Waals surface area contributed by atoms with Crippen molar-refractivity contribution in [3.63, 3.8) is 0 Å². The first-order valence-electron chi connectivity index (χ1n) is 6.89. The molecule has 0 aliphatic heterocycles. The number of hydrogen-bond donors (Lipinski definition) is 2. The Labute approximate surface area is 155 Å². The second-order valence-corrected chi connectivity index (χ2v) is 6.49. The van der Waals surface area contributed by atoms with Crippen molar-refractivity contribution in [2.24, 2.45) is 5.73 Å². The Bertz CT molecular complexity index is 570. The van der Waals surface area contributed by atoms with Crippen molar-refractivity contribution in [2.45, 2.75) is 19.8 Å². The first-order valence-corrected chi connectivity index (χ1v) is 8.40. The van der Waals surface area contributed by atoms with Gasteiger partial charge in [-0.1, -0.05) is 59.7 Å². The van der Waals surface area contributed by atoms with Crippen LogP contribution >= 0.6 is 46.4 Å². The molecule has 1 aromatic rings. The van der Waals surface area contributed by atoms with Gasteiger partial charge in [0.05, 0.1) is 38.9 Å². The van der Waals surface area contributed by atoms with Crippen LogP contribution in [0.15, 0.2) is 6.07 Å². The molecule has 0 heterocycles. The van der Waals surface area contributed by atoms with Crippen LogP contribution in [0.4, 0.5) is 5.69 Å². The van der Waals surface area contributed by atoms with E-state index in [9.17, 15) is 9.59 Å². The van der Waals surface area contributed by atoms with Crippen LogP contribution in [-0.4, -0.2) is 36.3 Å². The second-order valence-electron chi connectivity index (χ2n) is 4.92. The van der Waals surface area contributed by atoms with Crippen LogP contribution in [0.2, 0.25) is 20.1 Å². The van der Waals surface area contributed by atoms with Crippen molar-refractivity contribution in [1.82, 2.24) is 4.90 Å². The molecule has 0 spiro atoms. The fraction of sp³-hybridized carbons (Fsp3) is 0.429. The zero-order valence-corrected chi connectivity index (χ0v) is 15.5. The SMILES string of the molecule is CCCCN(CC(N)=O)CC(=O)Nc1c(Cl)c(Cl)cc(Cl)c1Cl. The molecule has 3 N–H and O–H groups in total. The first-order chi connectivity index (χ1) is 10.8. The van der Waals surface area contributed by atoms with Crippen LogP contribution in [0.3, 0.4) is 0 Å². The third-order valence-corrected chi connectivity index (χ3v) is 4.53. The van der Waals surface area contributed by atoms with E-state index in [4.69, 9.17) is 52.1 Å². The standard InChI is InChI=1S/C14H17Cl4N3O2/c1-2-3-4-21(6-10(19)22)7-11(23)20-14-12(17)8(15)5-9(16)13(14)18/h5H,2-4,6-7H2,1H3,(H2,19,22)(H,20,23). The van der Waals surface area contributed by atoms with E-state index in [1.165, 1.54) is 6.07 Å². The maximum Gasteiger partial charge on any atom is 0.238 e. The van der Waals surface area contributed by atoms with Crippen molar-refractivity contribution in [1.29, 1.82) is 0 Å². The van der Waals surface area contributed by atoms with Gasteiger partial charge >= 0.3 is 0 Å². The predicted octanol–water partition coefficient (Wildman–Crippen LogP) is 3.83. The van der Waals surface area contributed by atoms with E-state index < -0.39 is 11.8 Å². The molecule has 2 amide bonds. The van der Waals surface area contributed by atoms with Gasteiger partial charge in [-0.3, -0.25) is 14.5 Å². The number of nitrogens with one attached hydrogen (secondary N) is 1. The normalized spacial score (nSPS) is 10.9. The summed E-state index contributed by atoms with van der Waals surface area (Å²) in [6.45, 7) is 2.55. The van der Waals surface area contributed by atoms with Gasteiger partial charge in [-0.2, -0.15) is 0 Å². The minimum Gasteiger partial charge on any atom is -0.369 e. The van der Waals surface area contributed by atoms with Crippen LogP contribution in [0.1, 0.15) is 19.8 Å². The van der Waals surface area contributed by atoms with Crippen LogP contribution < -0.4 is 11.1 Å². The fourth-order valence-corrected chi connectivity index (χ4v) is 2.79. The minimum atomic E-state index is -0.504. The molecule has 0 fully saturated rings. The summed E-state index contributed by atoms with van der Waals surface area (Å²) in [5.41, 5.74) is 5.34. The summed E-state index contributed by atoms with van der Waals surface area (Å²) in [4.78, 5) is 24.9. The molecule has 1 rings (SSSR count). The molecule has 23 heavy (non-hydrogen) atoms. The topological polar surface area (TPSA) is 75.4 Å². The zero-order valence-electron chi connectivity index (χ0n) is 12.5. The van der Waals surface area contributed by atoms with Gasteiger partial charge in [-0.15, -0.1) is 0 Å². The molecule has 0 saturated carbocycles. The minimum absolute atomic E-state index is 0.00874. The third-order valence-electron chi connectivity index (χ3n) is 2.95. The van der Waals surface area contributed by atoms with E-state index in [-0.39, 0.29) is 38.9 Å². The molecule has 9 heteroatoms. The van der Waals surface area contributed by atoms with Crippen LogP contribution in [-0.2, 0) is 9.59 Å². The largest absolute Gasteiger partial charge is 0.369 e. The van der Waals surface area contributed by atoms with E-state index in [0.717, 1.165) is 12.8 Å². The summed E-state index contributed by atoms with van der Waals surface area (Å²) in [7, 11) is 0. The Morgan fingerprint density at radius 1 is 1.13 bits per heavy atom. The van der Waals surface area contributed by atoms with Gasteiger partial charge in [-0.05, 0) is 19.0 Å². The number of rotatable bonds is 8. The number of primary amides is 1. The smallest absolute Gasteiger partial charge is 0.238 e. The maximum atomic E-state index is 12.2.